The Morgan fingerprint density at radius 3 is 2.40 bits per heavy atom. The second-order valence-electron chi connectivity index (χ2n) is 7.41. The third kappa shape index (κ3) is 3.63. The van der Waals surface area contributed by atoms with Crippen molar-refractivity contribution < 1.29 is 13.2 Å². The van der Waals surface area contributed by atoms with Crippen LogP contribution in [-0.4, -0.2) is 26.3 Å². The van der Waals surface area contributed by atoms with Gasteiger partial charge < -0.3 is 4.90 Å². The molecule has 1 aromatic carbocycles. The lowest BCUT2D eigenvalue weighted by atomic mass is 10.1. The largest absolute Gasteiger partial charge is 0.435 e. The number of benzene rings is 1. The summed E-state index contributed by atoms with van der Waals surface area (Å²) in [4.78, 5) is 10.9. The zero-order valence-electron chi connectivity index (χ0n) is 16.4. The monoisotopic (exact) mass is 455 g/mol. The number of hydrogen-bond acceptors (Lipinski definition) is 4. The predicted octanol–water partition coefficient (Wildman–Crippen LogP) is 6.11. The maximum absolute atomic E-state index is 13.3. The summed E-state index contributed by atoms with van der Waals surface area (Å²) in [6.45, 7) is 5.91. The Bertz CT molecular complexity index is 1120. The van der Waals surface area contributed by atoms with Crippen molar-refractivity contribution in [3.05, 3.63) is 57.1 Å². The third-order valence-corrected chi connectivity index (χ3v) is 5.47. The molecule has 0 amide bonds. The lowest BCUT2D eigenvalue weighted by molar-refractivity contribution is -0.141. The predicted molar refractivity (Wildman–Crippen MR) is 110 cm³/mol. The van der Waals surface area contributed by atoms with E-state index in [2.05, 4.69) is 15.1 Å². The van der Waals surface area contributed by atoms with Gasteiger partial charge in [-0.1, -0.05) is 37.0 Å². The topological polar surface area (TPSA) is 46.8 Å². The van der Waals surface area contributed by atoms with Crippen LogP contribution in [0.1, 0.15) is 42.5 Å². The van der Waals surface area contributed by atoms with Crippen molar-refractivity contribution in [2.75, 3.05) is 11.4 Å². The number of aromatic nitrogens is 4. The highest BCUT2D eigenvalue weighted by molar-refractivity contribution is 6.36. The Morgan fingerprint density at radius 1 is 1.07 bits per heavy atom. The Hall–Kier alpha value is -2.32. The van der Waals surface area contributed by atoms with Crippen molar-refractivity contribution >= 4 is 34.7 Å². The highest BCUT2D eigenvalue weighted by atomic mass is 35.5. The van der Waals surface area contributed by atoms with Crippen molar-refractivity contribution in [2.45, 2.75) is 39.3 Å². The maximum Gasteiger partial charge on any atom is 0.435 e. The van der Waals surface area contributed by atoms with Crippen LogP contribution in [0, 0.1) is 6.92 Å². The van der Waals surface area contributed by atoms with E-state index in [1.54, 1.807) is 25.1 Å². The van der Waals surface area contributed by atoms with Gasteiger partial charge in [-0.05, 0) is 43.5 Å². The van der Waals surface area contributed by atoms with Gasteiger partial charge in [-0.15, -0.1) is 0 Å². The minimum absolute atomic E-state index is 0.178. The summed E-state index contributed by atoms with van der Waals surface area (Å²) in [5.41, 5.74) is 0.951. The molecule has 0 aliphatic carbocycles. The summed E-state index contributed by atoms with van der Waals surface area (Å²) >= 11 is 12.4. The molecule has 0 spiro atoms. The SMILES string of the molecule is Cc1nc2c(c(-n3nc(C(F)(F)F)cc3C(C)C)n1)CCN2c1ccc(Cl)cc1Cl. The van der Waals surface area contributed by atoms with Crippen molar-refractivity contribution in [1.29, 1.82) is 0 Å². The molecule has 1 aliphatic heterocycles. The first-order valence-electron chi connectivity index (χ1n) is 9.34. The minimum atomic E-state index is -4.54. The van der Waals surface area contributed by atoms with Crippen LogP contribution in [0.15, 0.2) is 24.3 Å². The summed E-state index contributed by atoms with van der Waals surface area (Å²) in [5.74, 6) is 1.23. The molecule has 10 heteroatoms. The quantitative estimate of drug-likeness (QED) is 0.477. The Balaban J connectivity index is 1.89. The molecule has 2 aromatic heterocycles. The fraction of sp³-hybridized carbons (Fsp3) is 0.350. The zero-order chi connectivity index (χ0) is 21.8. The van der Waals surface area contributed by atoms with Crippen molar-refractivity contribution in [3.63, 3.8) is 0 Å². The molecule has 0 N–H and O–H groups in total. The standard InChI is InChI=1S/C20H18Cl2F3N5/c1-10(2)16-9-17(20(23,24)25)28-30(16)19-13-6-7-29(18(13)26-11(3)27-19)15-5-4-12(21)8-14(15)22/h4-5,8-10H,6-7H2,1-3H3. The first-order valence-corrected chi connectivity index (χ1v) is 10.1. The second kappa shape index (κ2) is 7.42. The molecule has 0 atom stereocenters. The van der Waals surface area contributed by atoms with Crippen LogP contribution in [0.3, 0.4) is 0 Å². The average molecular weight is 456 g/mol. The van der Waals surface area contributed by atoms with Crippen LogP contribution in [0.4, 0.5) is 24.7 Å². The number of rotatable bonds is 3. The van der Waals surface area contributed by atoms with Crippen LogP contribution in [0.2, 0.25) is 10.0 Å². The van der Waals surface area contributed by atoms with Gasteiger partial charge >= 0.3 is 6.18 Å². The van der Waals surface area contributed by atoms with Gasteiger partial charge in [0.2, 0.25) is 0 Å². The number of anilines is 2. The fourth-order valence-corrected chi connectivity index (χ4v) is 4.08. The van der Waals surface area contributed by atoms with Gasteiger partial charge in [-0.2, -0.15) is 18.3 Å². The van der Waals surface area contributed by atoms with Crippen molar-refractivity contribution in [2.24, 2.45) is 0 Å². The van der Waals surface area contributed by atoms with E-state index in [1.807, 2.05) is 18.7 Å². The van der Waals surface area contributed by atoms with E-state index in [9.17, 15) is 13.2 Å². The van der Waals surface area contributed by atoms with E-state index in [-0.39, 0.29) is 5.92 Å². The molecule has 4 rings (SSSR count). The third-order valence-electron chi connectivity index (χ3n) is 4.94. The average Bonchev–Trinajstić information content (AvgIpc) is 3.25. The van der Waals surface area contributed by atoms with Gasteiger partial charge in [-0.3, -0.25) is 0 Å². The van der Waals surface area contributed by atoms with Gasteiger partial charge in [0.1, 0.15) is 11.6 Å². The number of alkyl halides is 3. The first kappa shape index (κ1) is 20.9. The highest BCUT2D eigenvalue weighted by Gasteiger charge is 2.37. The molecular formula is C20H18Cl2F3N5. The molecule has 0 saturated carbocycles. The molecule has 30 heavy (non-hydrogen) atoms. The van der Waals surface area contributed by atoms with Gasteiger partial charge in [-0.25, -0.2) is 14.6 Å². The van der Waals surface area contributed by atoms with Crippen molar-refractivity contribution in [3.8, 4) is 5.82 Å². The summed E-state index contributed by atoms with van der Waals surface area (Å²) in [7, 11) is 0. The van der Waals surface area contributed by atoms with Gasteiger partial charge in [0.25, 0.3) is 0 Å². The molecule has 1 aliphatic rings. The number of nitrogens with zero attached hydrogens (tertiary/aromatic N) is 5. The smallest absolute Gasteiger partial charge is 0.324 e. The second-order valence-corrected chi connectivity index (χ2v) is 8.26. The maximum atomic E-state index is 13.3. The van der Waals surface area contributed by atoms with Crippen molar-refractivity contribution in [1.82, 2.24) is 19.7 Å². The first-order chi connectivity index (χ1) is 14.1. The molecule has 3 aromatic rings. The highest BCUT2D eigenvalue weighted by Crippen LogP contribution is 2.40. The van der Waals surface area contributed by atoms with Crippen LogP contribution >= 0.6 is 23.2 Å². The van der Waals surface area contributed by atoms with E-state index < -0.39 is 11.9 Å². The lowest BCUT2D eigenvalue weighted by Gasteiger charge is -2.21. The van der Waals surface area contributed by atoms with E-state index >= 15 is 0 Å². The molecule has 0 saturated heterocycles. The van der Waals surface area contributed by atoms with E-state index in [0.717, 1.165) is 17.3 Å². The zero-order valence-corrected chi connectivity index (χ0v) is 17.9. The normalized spacial score (nSPS) is 14.0. The van der Waals surface area contributed by atoms with E-state index in [1.165, 1.54) is 4.68 Å². The summed E-state index contributed by atoms with van der Waals surface area (Å²) in [5, 5.41) is 4.84. The fourth-order valence-electron chi connectivity index (χ4n) is 3.57. The van der Waals surface area contributed by atoms with Crippen LogP contribution in [0.25, 0.3) is 5.82 Å². The van der Waals surface area contributed by atoms with Crippen LogP contribution in [0.5, 0.6) is 0 Å². The molecular weight excluding hydrogens is 438 g/mol. The number of halogens is 5. The summed E-state index contributed by atoms with van der Waals surface area (Å²) in [6.07, 6.45) is -3.99. The Kier molecular flexibility index (Phi) is 5.18. The molecule has 0 unspecified atom stereocenters. The lowest BCUT2D eigenvalue weighted by Crippen LogP contribution is -2.16. The number of fused-ring (bicyclic) bond motifs is 1. The number of aryl methyl sites for hydroxylation is 1. The van der Waals surface area contributed by atoms with E-state index in [0.29, 0.717) is 46.2 Å². The van der Waals surface area contributed by atoms with Gasteiger partial charge in [0, 0.05) is 22.8 Å². The molecule has 0 bridgehead atoms. The summed E-state index contributed by atoms with van der Waals surface area (Å²) in [6, 6.07) is 6.25. The molecule has 0 radical (unpaired) electrons. The van der Waals surface area contributed by atoms with E-state index in [4.69, 9.17) is 23.2 Å². The number of hydrogen-bond donors (Lipinski definition) is 0. The van der Waals surface area contributed by atoms with Crippen LogP contribution < -0.4 is 4.90 Å². The summed E-state index contributed by atoms with van der Waals surface area (Å²) < 4.78 is 41.3. The van der Waals surface area contributed by atoms with Gasteiger partial charge in [0.05, 0.1) is 10.7 Å². The van der Waals surface area contributed by atoms with Gasteiger partial charge in [0.15, 0.2) is 11.5 Å². The minimum Gasteiger partial charge on any atom is -0.324 e. The Morgan fingerprint density at radius 2 is 1.77 bits per heavy atom. The molecule has 3 heterocycles. The molecule has 5 nitrogen and oxygen atoms in total. The molecule has 0 fully saturated rings. The van der Waals surface area contributed by atoms with Crippen LogP contribution in [-0.2, 0) is 12.6 Å². The molecule has 158 valence electrons. The Labute approximate surface area is 181 Å².